The standard InChI is InChI=1S/C3H6ClO.C3H7O.ClH.2Hg/c1-5-3-2-4;1-3-4-2;;;/h2H,3H2,1H3;1,3H2,2H3;1H;;/q;;;;+1/p-1. The first-order chi connectivity index (χ1) is 5.68. The summed E-state index contributed by atoms with van der Waals surface area (Å²) in [6, 6.07) is 0. The van der Waals surface area contributed by atoms with E-state index in [9.17, 15) is 0 Å². The molecular formula is C6H13Cl2Hg2O2. The molecule has 12 heavy (non-hydrogen) atoms. The summed E-state index contributed by atoms with van der Waals surface area (Å²) in [4.78, 5) is 0. The van der Waals surface area contributed by atoms with E-state index in [1.54, 1.807) is 14.2 Å². The van der Waals surface area contributed by atoms with E-state index in [0.717, 1.165) is 13.2 Å². The van der Waals surface area contributed by atoms with Gasteiger partial charge in [-0.1, -0.05) is 0 Å². The molecule has 2 nitrogen and oxygen atoms in total. The molecule has 0 fully saturated rings. The molecular weight excluding hydrogens is 576 g/mol. The molecule has 0 rings (SSSR count). The van der Waals surface area contributed by atoms with Gasteiger partial charge in [-0.3, -0.25) is 0 Å². The molecule has 67 valence electrons. The van der Waals surface area contributed by atoms with Crippen molar-refractivity contribution in [3.05, 3.63) is 0 Å². The third-order valence-corrected chi connectivity index (χ3v) is 6.38. The second-order valence-electron chi connectivity index (χ2n) is 2.09. The Morgan fingerprint density at radius 2 is 2.00 bits per heavy atom. The van der Waals surface area contributed by atoms with Gasteiger partial charge in [0, 0.05) is 0 Å². The molecule has 1 atom stereocenters. The molecule has 0 amide bonds. The summed E-state index contributed by atoms with van der Waals surface area (Å²) in [5, 5.41) is 0. The number of halogens is 2. The zero-order chi connectivity index (χ0) is 9.82. The number of methoxy groups -OCH3 is 2. The Kier molecular flexibility index (Phi) is 22.1. The molecule has 0 aromatic rings. The van der Waals surface area contributed by atoms with Crippen molar-refractivity contribution in [1.29, 1.82) is 0 Å². The molecule has 0 saturated heterocycles. The van der Waals surface area contributed by atoms with Gasteiger partial charge in [0.15, 0.2) is 0 Å². The van der Waals surface area contributed by atoms with Crippen molar-refractivity contribution in [2.45, 2.75) is 6.82 Å². The molecule has 0 N–H and O–H groups in total. The van der Waals surface area contributed by atoms with Crippen molar-refractivity contribution in [3.8, 4) is 0 Å². The molecule has 0 aromatic carbocycles. The Morgan fingerprint density at radius 3 is 2.08 bits per heavy atom. The van der Waals surface area contributed by atoms with Crippen LogP contribution in [0.5, 0.6) is 0 Å². The van der Waals surface area contributed by atoms with Crippen LogP contribution in [0.2, 0.25) is 3.93 Å². The van der Waals surface area contributed by atoms with Crippen molar-refractivity contribution in [2.75, 3.05) is 27.4 Å². The van der Waals surface area contributed by atoms with Gasteiger partial charge in [0.2, 0.25) is 0 Å². The van der Waals surface area contributed by atoms with E-state index >= 15 is 0 Å². The molecule has 0 aromatic heterocycles. The van der Waals surface area contributed by atoms with Gasteiger partial charge in [0.05, 0.1) is 0 Å². The predicted molar refractivity (Wildman–Crippen MR) is 44.1 cm³/mol. The number of ether oxygens (including phenoxy) is 2. The first kappa shape index (κ1) is 16.8. The van der Waals surface area contributed by atoms with Gasteiger partial charge in [-0.15, -0.1) is 0 Å². The molecule has 0 saturated carbocycles. The Bertz CT molecular complexity index is 72.6. The van der Waals surface area contributed by atoms with Crippen molar-refractivity contribution < 1.29 is 58.9 Å². The molecule has 0 aliphatic heterocycles. The summed E-state index contributed by atoms with van der Waals surface area (Å²) in [5.74, 6) is 0. The minimum atomic E-state index is -0.821. The third-order valence-electron chi connectivity index (χ3n) is 0.830. The summed E-state index contributed by atoms with van der Waals surface area (Å²) >= 11 is 5.39. The normalized spacial score (nSPS) is 11.2. The van der Waals surface area contributed by atoms with Crippen LogP contribution >= 0.6 is 19.9 Å². The summed E-state index contributed by atoms with van der Waals surface area (Å²) in [5.41, 5.74) is 0. The van der Waals surface area contributed by atoms with E-state index in [1.807, 2.05) is 0 Å². The predicted octanol–water partition coefficient (Wildman–Crippen LogP) is 2.03. The van der Waals surface area contributed by atoms with Crippen molar-refractivity contribution in [3.63, 3.8) is 0 Å². The first-order valence-electron chi connectivity index (χ1n) is 3.70. The van der Waals surface area contributed by atoms with Crippen LogP contribution in [-0.4, -0.2) is 30.3 Å². The maximum atomic E-state index is 5.54. The Morgan fingerprint density at radius 1 is 1.42 bits per heavy atom. The van der Waals surface area contributed by atoms with Gasteiger partial charge < -0.3 is 0 Å². The minimum absolute atomic E-state index is 0.343. The third kappa shape index (κ3) is 22.8. The zero-order valence-electron chi connectivity index (χ0n) is 7.69. The summed E-state index contributed by atoms with van der Waals surface area (Å²) in [6.07, 6.45) is 0. The first-order valence-corrected chi connectivity index (χ1v) is 18.0. The second kappa shape index (κ2) is 15.8. The van der Waals surface area contributed by atoms with Gasteiger partial charge in [-0.25, -0.2) is 0 Å². The van der Waals surface area contributed by atoms with Crippen LogP contribution in [0.15, 0.2) is 0 Å². The quantitative estimate of drug-likeness (QED) is 0.278. The van der Waals surface area contributed by atoms with Crippen LogP contribution in [-0.2, 0) is 58.9 Å². The molecule has 1 unspecified atom stereocenters. The van der Waals surface area contributed by atoms with Gasteiger partial charge in [-0.05, 0) is 0 Å². The van der Waals surface area contributed by atoms with E-state index in [0.29, 0.717) is 29.0 Å². The van der Waals surface area contributed by atoms with E-state index in [-0.39, 0.29) is 0 Å². The van der Waals surface area contributed by atoms with E-state index < -0.39 is 23.3 Å². The second-order valence-corrected chi connectivity index (χ2v) is 16.1. The van der Waals surface area contributed by atoms with E-state index in [4.69, 9.17) is 29.3 Å². The average molecular weight is 589 g/mol. The topological polar surface area (TPSA) is 18.5 Å². The SMILES string of the molecule is COC[CH2][Hg][Cl].COC[CH](Cl)[Hg]. The summed E-state index contributed by atoms with van der Waals surface area (Å²) in [7, 11) is 8.90. The zero-order valence-corrected chi connectivity index (χ0v) is 20.2. The van der Waals surface area contributed by atoms with Gasteiger partial charge in [0.1, 0.15) is 0 Å². The van der Waals surface area contributed by atoms with Crippen LogP contribution in [0.25, 0.3) is 0 Å². The number of alkyl halides is 1. The van der Waals surface area contributed by atoms with Crippen LogP contribution in [0.1, 0.15) is 0 Å². The monoisotopic (exact) mass is 591 g/mol. The molecule has 0 bridgehead atoms. The summed E-state index contributed by atoms with van der Waals surface area (Å²) in [6.45, 7) is 1.61. The number of hydrogen-bond donors (Lipinski definition) is 0. The fraction of sp³-hybridized carbons (Fsp3) is 1.00. The van der Waals surface area contributed by atoms with Gasteiger partial charge in [0.25, 0.3) is 0 Å². The van der Waals surface area contributed by atoms with Crippen molar-refractivity contribution in [1.82, 2.24) is 0 Å². The Balaban J connectivity index is 0. The fourth-order valence-electron chi connectivity index (χ4n) is 0.380. The average Bonchev–Trinajstić information content (AvgIpc) is 2.02. The molecule has 0 aliphatic carbocycles. The number of hydrogen-bond acceptors (Lipinski definition) is 2. The van der Waals surface area contributed by atoms with Crippen LogP contribution < -0.4 is 0 Å². The maximum absolute atomic E-state index is 5.54. The Hall–Kier alpha value is 2.37. The van der Waals surface area contributed by atoms with E-state index in [2.05, 4.69) is 0 Å². The van der Waals surface area contributed by atoms with Gasteiger partial charge >= 0.3 is 113 Å². The van der Waals surface area contributed by atoms with Crippen molar-refractivity contribution in [2.24, 2.45) is 0 Å². The Labute approximate surface area is 111 Å². The van der Waals surface area contributed by atoms with E-state index in [1.165, 1.54) is 3.93 Å². The molecule has 0 heterocycles. The summed E-state index contributed by atoms with van der Waals surface area (Å²) < 4.78 is 11.0. The van der Waals surface area contributed by atoms with Crippen LogP contribution in [0, 0.1) is 0 Å². The van der Waals surface area contributed by atoms with Crippen molar-refractivity contribution >= 4 is 19.9 Å². The molecule has 0 spiro atoms. The molecule has 0 radical (unpaired) electrons. The molecule has 0 aliphatic rings. The fourth-order valence-corrected chi connectivity index (χ4v) is 3.93. The van der Waals surface area contributed by atoms with Crippen LogP contribution in [0.4, 0.5) is 0 Å². The number of rotatable bonds is 5. The molecule has 6 heteroatoms. The van der Waals surface area contributed by atoms with Crippen LogP contribution in [0.3, 0.4) is 0 Å². The van der Waals surface area contributed by atoms with Gasteiger partial charge in [-0.2, -0.15) is 0 Å².